The highest BCUT2D eigenvalue weighted by Crippen LogP contribution is 2.27. The van der Waals surface area contributed by atoms with Crippen molar-refractivity contribution in [3.8, 4) is 5.75 Å². The Bertz CT molecular complexity index is 660. The van der Waals surface area contributed by atoms with Gasteiger partial charge < -0.3 is 9.64 Å². The van der Waals surface area contributed by atoms with Gasteiger partial charge in [-0.3, -0.25) is 4.79 Å². The fourth-order valence-corrected chi connectivity index (χ4v) is 3.21. The number of hydrogen-bond acceptors (Lipinski definition) is 2. The largest absolute Gasteiger partial charge is 0.491 e. The summed E-state index contributed by atoms with van der Waals surface area (Å²) >= 11 is 0. The van der Waals surface area contributed by atoms with Crippen LogP contribution in [0.1, 0.15) is 51.2 Å². The number of ether oxygens (including phenoxy) is 1. The number of carbonyl (C=O) groups excluding carboxylic acids is 1. The van der Waals surface area contributed by atoms with Gasteiger partial charge in [0.15, 0.2) is 0 Å². The predicted octanol–water partition coefficient (Wildman–Crippen LogP) is 5.06. The monoisotopic (exact) mass is 353 g/mol. The van der Waals surface area contributed by atoms with Crippen LogP contribution in [-0.4, -0.2) is 30.0 Å². The van der Waals surface area contributed by atoms with E-state index in [1.165, 1.54) is 11.1 Å². The summed E-state index contributed by atoms with van der Waals surface area (Å²) in [7, 11) is 0. The Hall–Kier alpha value is -2.29. The van der Waals surface area contributed by atoms with Crippen molar-refractivity contribution in [3.63, 3.8) is 0 Å². The third-order valence-corrected chi connectivity index (χ3v) is 4.59. The van der Waals surface area contributed by atoms with E-state index in [4.69, 9.17) is 4.74 Å². The molecule has 0 aliphatic rings. The molecule has 0 spiro atoms. The molecule has 0 aliphatic carbocycles. The number of benzene rings is 2. The molecule has 3 nitrogen and oxygen atoms in total. The highest BCUT2D eigenvalue weighted by atomic mass is 16.5. The third kappa shape index (κ3) is 5.91. The molecule has 0 aromatic heterocycles. The topological polar surface area (TPSA) is 29.5 Å². The van der Waals surface area contributed by atoms with Crippen LogP contribution < -0.4 is 4.74 Å². The number of hydrogen-bond donors (Lipinski definition) is 0. The number of nitrogens with zero attached hydrogens (tertiary/aromatic N) is 1. The average molecular weight is 354 g/mol. The van der Waals surface area contributed by atoms with Crippen LogP contribution in [0, 0.1) is 0 Å². The highest BCUT2D eigenvalue weighted by molar-refractivity contribution is 5.77. The zero-order valence-electron chi connectivity index (χ0n) is 16.4. The summed E-state index contributed by atoms with van der Waals surface area (Å²) < 4.78 is 5.75. The zero-order valence-corrected chi connectivity index (χ0v) is 16.4. The van der Waals surface area contributed by atoms with E-state index in [0.717, 1.165) is 25.3 Å². The maximum atomic E-state index is 12.7. The smallest absolute Gasteiger partial charge is 0.223 e. The molecule has 0 unspecified atom stereocenters. The minimum Gasteiger partial charge on any atom is -0.491 e. The Kier molecular flexibility index (Phi) is 7.71. The molecule has 2 aromatic rings. The van der Waals surface area contributed by atoms with Crippen LogP contribution in [-0.2, 0) is 11.2 Å². The van der Waals surface area contributed by atoms with Crippen LogP contribution in [0.5, 0.6) is 5.75 Å². The quantitative estimate of drug-likeness (QED) is 0.631. The van der Waals surface area contributed by atoms with Crippen LogP contribution in [0.4, 0.5) is 0 Å². The molecule has 0 bridgehead atoms. The summed E-state index contributed by atoms with van der Waals surface area (Å²) in [6.07, 6.45) is 1.55. The highest BCUT2D eigenvalue weighted by Gasteiger charge is 2.20. The molecule has 0 heterocycles. The molecule has 1 amide bonds. The lowest BCUT2D eigenvalue weighted by molar-refractivity contribution is -0.131. The van der Waals surface area contributed by atoms with Crippen LogP contribution in [0.25, 0.3) is 0 Å². The first-order chi connectivity index (χ1) is 12.5. The fraction of sp³-hybridized carbons (Fsp3) is 0.435. The lowest BCUT2D eigenvalue weighted by Gasteiger charge is -2.23. The molecule has 0 saturated heterocycles. The molecule has 140 valence electrons. The number of amides is 1. The maximum Gasteiger partial charge on any atom is 0.223 e. The molecule has 0 N–H and O–H groups in total. The van der Waals surface area contributed by atoms with E-state index in [-0.39, 0.29) is 17.9 Å². The summed E-state index contributed by atoms with van der Waals surface area (Å²) in [5, 5.41) is 0. The Labute approximate surface area is 158 Å². The van der Waals surface area contributed by atoms with Crippen molar-refractivity contribution in [1.82, 2.24) is 4.90 Å². The first kappa shape index (κ1) is 20.0. The van der Waals surface area contributed by atoms with E-state index in [0.29, 0.717) is 6.42 Å². The van der Waals surface area contributed by atoms with E-state index >= 15 is 0 Å². The van der Waals surface area contributed by atoms with Gasteiger partial charge in [0.25, 0.3) is 0 Å². The normalized spacial score (nSPS) is 12.0. The van der Waals surface area contributed by atoms with E-state index < -0.39 is 0 Å². The molecule has 3 heteroatoms. The van der Waals surface area contributed by atoms with Gasteiger partial charge in [-0.15, -0.1) is 0 Å². The van der Waals surface area contributed by atoms with Crippen LogP contribution >= 0.6 is 0 Å². The molecule has 1 atom stereocenters. The van der Waals surface area contributed by atoms with Gasteiger partial charge >= 0.3 is 0 Å². The zero-order chi connectivity index (χ0) is 18.9. The lowest BCUT2D eigenvalue weighted by atomic mass is 9.88. The van der Waals surface area contributed by atoms with Crippen molar-refractivity contribution in [1.29, 1.82) is 0 Å². The summed E-state index contributed by atoms with van der Waals surface area (Å²) in [4.78, 5) is 14.6. The molecule has 0 saturated carbocycles. The number of rotatable bonds is 9. The van der Waals surface area contributed by atoms with Crippen molar-refractivity contribution in [3.05, 3.63) is 65.7 Å². The van der Waals surface area contributed by atoms with Gasteiger partial charge in [0, 0.05) is 19.5 Å². The van der Waals surface area contributed by atoms with Crippen molar-refractivity contribution in [2.75, 3.05) is 13.1 Å². The molecule has 0 fully saturated rings. The molecular weight excluding hydrogens is 322 g/mol. The fourth-order valence-electron chi connectivity index (χ4n) is 3.21. The SMILES string of the molecule is CCN(CC)C(=O)C[C@@H](Cc1ccccc1)c1ccc(OC(C)C)cc1. The number of carbonyl (C=O) groups is 1. The van der Waals surface area contributed by atoms with Crippen LogP contribution in [0.2, 0.25) is 0 Å². The van der Waals surface area contributed by atoms with Crippen LogP contribution in [0.3, 0.4) is 0 Å². The molecule has 0 radical (unpaired) electrons. The minimum atomic E-state index is 0.158. The van der Waals surface area contributed by atoms with E-state index in [1.807, 2.05) is 50.8 Å². The third-order valence-electron chi connectivity index (χ3n) is 4.59. The lowest BCUT2D eigenvalue weighted by Crippen LogP contribution is -2.31. The Balaban J connectivity index is 2.20. The first-order valence-electron chi connectivity index (χ1n) is 9.61. The van der Waals surface area contributed by atoms with Gasteiger partial charge in [0.2, 0.25) is 5.91 Å². The van der Waals surface area contributed by atoms with Crippen molar-refractivity contribution < 1.29 is 9.53 Å². The maximum absolute atomic E-state index is 12.7. The molecule has 26 heavy (non-hydrogen) atoms. The van der Waals surface area contributed by atoms with Crippen molar-refractivity contribution in [2.45, 2.75) is 52.6 Å². The Morgan fingerprint density at radius 2 is 1.58 bits per heavy atom. The molecule has 0 aliphatic heterocycles. The van der Waals surface area contributed by atoms with Gasteiger partial charge in [-0.2, -0.15) is 0 Å². The second-order valence-electron chi connectivity index (χ2n) is 6.89. The van der Waals surface area contributed by atoms with E-state index in [9.17, 15) is 4.79 Å². The van der Waals surface area contributed by atoms with Crippen molar-refractivity contribution in [2.24, 2.45) is 0 Å². The second kappa shape index (κ2) is 10.0. The summed E-state index contributed by atoms with van der Waals surface area (Å²) in [5.74, 6) is 1.26. The van der Waals surface area contributed by atoms with Gasteiger partial charge in [0.05, 0.1) is 6.10 Å². The van der Waals surface area contributed by atoms with Crippen LogP contribution in [0.15, 0.2) is 54.6 Å². The summed E-state index contributed by atoms with van der Waals surface area (Å²) in [5.41, 5.74) is 2.44. The van der Waals surface area contributed by atoms with E-state index in [2.05, 4.69) is 36.4 Å². The van der Waals surface area contributed by atoms with E-state index in [1.54, 1.807) is 0 Å². The predicted molar refractivity (Wildman–Crippen MR) is 108 cm³/mol. The van der Waals surface area contributed by atoms with Gasteiger partial charge in [-0.25, -0.2) is 0 Å². The molecule has 2 rings (SSSR count). The molecule has 2 aromatic carbocycles. The Morgan fingerprint density at radius 1 is 0.962 bits per heavy atom. The van der Waals surface area contributed by atoms with Gasteiger partial charge in [-0.05, 0) is 63.3 Å². The first-order valence-corrected chi connectivity index (χ1v) is 9.61. The molecular formula is C23H31NO2. The minimum absolute atomic E-state index is 0.158. The standard InChI is InChI=1S/C23H31NO2/c1-5-24(6-2)23(25)17-21(16-19-10-8-7-9-11-19)20-12-14-22(15-13-20)26-18(3)4/h7-15,18,21H,5-6,16-17H2,1-4H3/t21-/m1/s1. The summed E-state index contributed by atoms with van der Waals surface area (Å²) in [6.45, 7) is 9.63. The van der Waals surface area contributed by atoms with Crippen molar-refractivity contribution >= 4 is 5.91 Å². The van der Waals surface area contributed by atoms with Gasteiger partial charge in [0.1, 0.15) is 5.75 Å². The summed E-state index contributed by atoms with van der Waals surface area (Å²) in [6, 6.07) is 18.6. The average Bonchev–Trinajstić information content (AvgIpc) is 2.63. The van der Waals surface area contributed by atoms with Gasteiger partial charge in [-0.1, -0.05) is 42.5 Å². The Morgan fingerprint density at radius 3 is 2.12 bits per heavy atom. The second-order valence-corrected chi connectivity index (χ2v) is 6.89.